The van der Waals surface area contributed by atoms with Crippen molar-refractivity contribution in [2.75, 3.05) is 19.8 Å². The summed E-state index contributed by atoms with van der Waals surface area (Å²) in [6.07, 6.45) is 1.20. The fraction of sp³-hybridized carbons (Fsp3) is 0.455. The summed E-state index contributed by atoms with van der Waals surface area (Å²) in [5, 5.41) is 3.41. The number of hydrogen-bond donors (Lipinski definition) is 1. The molecular formula is C22H30FNO3. The Balaban J connectivity index is 1.99. The van der Waals surface area contributed by atoms with E-state index in [4.69, 9.17) is 14.2 Å². The second-order valence-corrected chi connectivity index (χ2v) is 6.51. The summed E-state index contributed by atoms with van der Waals surface area (Å²) < 4.78 is 31.1. The van der Waals surface area contributed by atoms with Crippen molar-refractivity contribution >= 4 is 0 Å². The van der Waals surface area contributed by atoms with Crippen LogP contribution in [0.2, 0.25) is 0 Å². The first-order valence-electron chi connectivity index (χ1n) is 9.55. The van der Waals surface area contributed by atoms with Crippen LogP contribution < -0.4 is 14.8 Å². The summed E-state index contributed by atoms with van der Waals surface area (Å²) in [6.45, 7) is 8.93. The number of rotatable bonds is 12. The van der Waals surface area contributed by atoms with Crippen molar-refractivity contribution in [3.63, 3.8) is 0 Å². The predicted molar refractivity (Wildman–Crippen MR) is 106 cm³/mol. The van der Waals surface area contributed by atoms with E-state index in [0.29, 0.717) is 30.2 Å². The molecule has 0 saturated heterocycles. The number of benzene rings is 2. The molecule has 2 aromatic carbocycles. The minimum absolute atomic E-state index is 0.159. The molecule has 0 aliphatic carbocycles. The highest BCUT2D eigenvalue weighted by atomic mass is 19.1. The minimum atomic E-state index is -0.267. The predicted octanol–water partition coefficient (Wildman–Crippen LogP) is 4.71. The minimum Gasteiger partial charge on any atom is -0.490 e. The molecule has 148 valence electrons. The summed E-state index contributed by atoms with van der Waals surface area (Å²) in [4.78, 5) is 0. The molecule has 0 radical (unpaired) electrons. The first-order chi connectivity index (χ1) is 13.1. The Bertz CT molecular complexity index is 691. The largest absolute Gasteiger partial charge is 0.490 e. The van der Waals surface area contributed by atoms with Crippen molar-refractivity contribution in [3.8, 4) is 11.5 Å². The van der Waals surface area contributed by atoms with Gasteiger partial charge in [0.05, 0.1) is 12.7 Å². The highest BCUT2D eigenvalue weighted by molar-refractivity contribution is 5.46. The zero-order valence-corrected chi connectivity index (χ0v) is 16.5. The van der Waals surface area contributed by atoms with Crippen molar-refractivity contribution in [1.29, 1.82) is 0 Å². The van der Waals surface area contributed by atoms with Crippen LogP contribution in [-0.4, -0.2) is 25.9 Å². The zero-order valence-electron chi connectivity index (χ0n) is 16.5. The van der Waals surface area contributed by atoms with Gasteiger partial charge < -0.3 is 19.5 Å². The fourth-order valence-corrected chi connectivity index (χ4v) is 2.64. The summed E-state index contributed by atoms with van der Waals surface area (Å²) in [5.41, 5.74) is 1.51. The molecular weight excluding hydrogens is 345 g/mol. The Labute approximate surface area is 161 Å². The third-order valence-corrected chi connectivity index (χ3v) is 3.95. The lowest BCUT2D eigenvalue weighted by molar-refractivity contribution is 0.0770. The fourth-order valence-electron chi connectivity index (χ4n) is 2.64. The average Bonchev–Trinajstić information content (AvgIpc) is 2.65. The van der Waals surface area contributed by atoms with Gasteiger partial charge in [-0.05, 0) is 45.9 Å². The van der Waals surface area contributed by atoms with E-state index >= 15 is 0 Å². The normalized spacial score (nSPS) is 11.0. The molecule has 0 heterocycles. The Kier molecular flexibility index (Phi) is 9.08. The molecule has 2 rings (SSSR count). The van der Waals surface area contributed by atoms with E-state index < -0.39 is 0 Å². The van der Waals surface area contributed by atoms with Gasteiger partial charge in [-0.25, -0.2) is 4.39 Å². The molecule has 0 bridgehead atoms. The molecule has 4 nitrogen and oxygen atoms in total. The Morgan fingerprint density at radius 1 is 1.00 bits per heavy atom. The van der Waals surface area contributed by atoms with Gasteiger partial charge in [0.1, 0.15) is 12.4 Å². The maximum atomic E-state index is 13.9. The molecule has 0 aliphatic rings. The molecule has 27 heavy (non-hydrogen) atoms. The molecule has 0 aliphatic heterocycles. The van der Waals surface area contributed by atoms with E-state index in [1.807, 2.05) is 39.0 Å². The maximum Gasteiger partial charge on any atom is 0.166 e. The first-order valence-corrected chi connectivity index (χ1v) is 9.55. The summed E-state index contributed by atoms with van der Waals surface area (Å²) in [6, 6.07) is 12.5. The van der Waals surface area contributed by atoms with Gasteiger partial charge in [0.15, 0.2) is 11.5 Å². The molecule has 0 atom stereocenters. The van der Waals surface area contributed by atoms with Crippen molar-refractivity contribution in [2.45, 2.75) is 46.4 Å². The Morgan fingerprint density at radius 3 is 2.52 bits per heavy atom. The average molecular weight is 375 g/mol. The Morgan fingerprint density at radius 2 is 1.78 bits per heavy atom. The van der Waals surface area contributed by atoms with E-state index in [1.165, 1.54) is 6.07 Å². The zero-order chi connectivity index (χ0) is 19.5. The number of ether oxygens (including phenoxy) is 3. The van der Waals surface area contributed by atoms with Gasteiger partial charge in [0.25, 0.3) is 0 Å². The van der Waals surface area contributed by atoms with Crippen LogP contribution in [0.25, 0.3) is 0 Å². The van der Waals surface area contributed by atoms with Gasteiger partial charge >= 0.3 is 0 Å². The second-order valence-electron chi connectivity index (χ2n) is 6.51. The second kappa shape index (κ2) is 11.6. The summed E-state index contributed by atoms with van der Waals surface area (Å²) >= 11 is 0. The SMILES string of the molecule is CCOc1cccc(CNCCCOC(C)C)c1OCc1ccccc1F. The van der Waals surface area contributed by atoms with Crippen LogP contribution in [0.3, 0.4) is 0 Å². The summed E-state index contributed by atoms with van der Waals surface area (Å²) in [5.74, 6) is 1.07. The lowest BCUT2D eigenvalue weighted by atomic mass is 10.1. The van der Waals surface area contributed by atoms with Crippen LogP contribution in [-0.2, 0) is 17.9 Å². The molecule has 0 unspecified atom stereocenters. The van der Waals surface area contributed by atoms with Gasteiger partial charge in [-0.15, -0.1) is 0 Å². The molecule has 0 saturated carbocycles. The van der Waals surface area contributed by atoms with Gasteiger partial charge in [0.2, 0.25) is 0 Å². The van der Waals surface area contributed by atoms with E-state index in [9.17, 15) is 4.39 Å². The number of hydrogen-bond acceptors (Lipinski definition) is 4. The summed E-state index contributed by atoms with van der Waals surface area (Å²) in [7, 11) is 0. The molecule has 5 heteroatoms. The molecule has 0 spiro atoms. The topological polar surface area (TPSA) is 39.7 Å². The highest BCUT2D eigenvalue weighted by Gasteiger charge is 2.12. The van der Waals surface area contributed by atoms with Gasteiger partial charge in [-0.1, -0.05) is 30.3 Å². The maximum absolute atomic E-state index is 13.9. The number of para-hydroxylation sites is 1. The van der Waals surface area contributed by atoms with Crippen molar-refractivity contribution in [2.24, 2.45) is 0 Å². The van der Waals surface area contributed by atoms with Crippen LogP contribution in [0.1, 0.15) is 38.3 Å². The monoisotopic (exact) mass is 375 g/mol. The van der Waals surface area contributed by atoms with Crippen molar-refractivity contribution in [3.05, 3.63) is 59.4 Å². The first kappa shape index (κ1) is 21.2. The highest BCUT2D eigenvalue weighted by Crippen LogP contribution is 2.32. The molecule has 1 N–H and O–H groups in total. The number of halogens is 1. The lowest BCUT2D eigenvalue weighted by Crippen LogP contribution is -2.18. The van der Waals surface area contributed by atoms with Crippen LogP contribution in [0.5, 0.6) is 11.5 Å². The molecule has 0 aromatic heterocycles. The standard InChI is InChI=1S/C22H30FNO3/c1-4-25-21-12-7-10-18(15-24-13-8-14-26-17(2)3)22(21)27-16-19-9-5-6-11-20(19)23/h5-7,9-12,17,24H,4,8,13-16H2,1-3H3. The lowest BCUT2D eigenvalue weighted by Gasteiger charge is -2.17. The number of nitrogens with one attached hydrogen (secondary N) is 1. The van der Waals surface area contributed by atoms with E-state index in [-0.39, 0.29) is 18.5 Å². The quantitative estimate of drug-likeness (QED) is 0.546. The van der Waals surface area contributed by atoms with E-state index in [0.717, 1.165) is 25.1 Å². The van der Waals surface area contributed by atoms with Crippen LogP contribution >= 0.6 is 0 Å². The van der Waals surface area contributed by atoms with Crippen molar-refractivity contribution in [1.82, 2.24) is 5.32 Å². The van der Waals surface area contributed by atoms with Gasteiger partial charge in [0, 0.05) is 24.3 Å². The van der Waals surface area contributed by atoms with Gasteiger partial charge in [-0.2, -0.15) is 0 Å². The smallest absolute Gasteiger partial charge is 0.166 e. The van der Waals surface area contributed by atoms with Crippen molar-refractivity contribution < 1.29 is 18.6 Å². The van der Waals surface area contributed by atoms with E-state index in [1.54, 1.807) is 18.2 Å². The van der Waals surface area contributed by atoms with Crippen LogP contribution in [0, 0.1) is 5.82 Å². The third-order valence-electron chi connectivity index (χ3n) is 3.95. The Hall–Kier alpha value is -2.11. The molecule has 0 amide bonds. The van der Waals surface area contributed by atoms with Gasteiger partial charge in [-0.3, -0.25) is 0 Å². The van der Waals surface area contributed by atoms with Crippen LogP contribution in [0.15, 0.2) is 42.5 Å². The van der Waals surface area contributed by atoms with E-state index in [2.05, 4.69) is 5.32 Å². The molecule has 2 aromatic rings. The third kappa shape index (κ3) is 7.19. The molecule has 0 fully saturated rings. The van der Waals surface area contributed by atoms with Crippen LogP contribution in [0.4, 0.5) is 4.39 Å².